The lowest BCUT2D eigenvalue weighted by atomic mass is 9.77. The van der Waals surface area contributed by atoms with E-state index in [0.29, 0.717) is 0 Å². The zero-order valence-electron chi connectivity index (χ0n) is 24.6. The van der Waals surface area contributed by atoms with E-state index >= 15 is 0 Å². The lowest BCUT2D eigenvalue weighted by Gasteiger charge is -2.32. The van der Waals surface area contributed by atoms with Gasteiger partial charge in [0.2, 0.25) is 0 Å². The number of alkyl carbamates (subject to hydrolysis) is 1. The molecular formula is C36H36BNO4. The summed E-state index contributed by atoms with van der Waals surface area (Å²) in [6, 6.07) is 35.3. The normalized spacial score (nSPS) is 17.0. The molecule has 0 spiro atoms. The standard InChI is InChI=1S/C36H36BNO4/c1-35(2)36(3,4)42-37(41-35)28(22-25-18-20-27(21-19-25)26-12-6-5-7-13-26)23-38-34(39)40-24-33-31-16-10-8-14-29(31)30-15-9-11-17-32(30)33/h5-22,33H,23-24H2,1-4H3,(H,38,39). The predicted molar refractivity (Wildman–Crippen MR) is 169 cm³/mol. The number of amides is 1. The third kappa shape index (κ3) is 5.52. The topological polar surface area (TPSA) is 56.8 Å². The van der Waals surface area contributed by atoms with E-state index in [-0.39, 0.29) is 19.1 Å². The molecule has 0 radical (unpaired) electrons. The zero-order chi connectivity index (χ0) is 29.3. The molecule has 6 heteroatoms. The van der Waals surface area contributed by atoms with Gasteiger partial charge in [-0.05, 0) is 72.1 Å². The number of hydrogen-bond acceptors (Lipinski definition) is 4. The Morgan fingerprint density at radius 2 is 1.29 bits per heavy atom. The number of rotatable bonds is 7. The van der Waals surface area contributed by atoms with Crippen molar-refractivity contribution in [3.8, 4) is 22.3 Å². The molecule has 2 aliphatic rings. The van der Waals surface area contributed by atoms with Gasteiger partial charge >= 0.3 is 13.2 Å². The molecule has 42 heavy (non-hydrogen) atoms. The molecule has 0 unspecified atom stereocenters. The van der Waals surface area contributed by atoms with Crippen LogP contribution < -0.4 is 5.32 Å². The minimum absolute atomic E-state index is 0.00406. The summed E-state index contributed by atoms with van der Waals surface area (Å²) in [7, 11) is -0.599. The quantitative estimate of drug-likeness (QED) is 0.235. The van der Waals surface area contributed by atoms with Crippen molar-refractivity contribution in [3.63, 3.8) is 0 Å². The van der Waals surface area contributed by atoms with Crippen LogP contribution in [0.4, 0.5) is 4.79 Å². The lowest BCUT2D eigenvalue weighted by Crippen LogP contribution is -2.41. The molecule has 5 nitrogen and oxygen atoms in total. The molecular weight excluding hydrogens is 521 g/mol. The molecule has 4 aromatic rings. The first kappa shape index (κ1) is 28.0. The van der Waals surface area contributed by atoms with Crippen LogP contribution in [0.3, 0.4) is 0 Å². The van der Waals surface area contributed by atoms with Crippen LogP contribution in [0.2, 0.25) is 0 Å². The fraction of sp³-hybridized carbons (Fsp3) is 0.250. The maximum absolute atomic E-state index is 13.0. The van der Waals surface area contributed by atoms with Crippen molar-refractivity contribution in [1.82, 2.24) is 5.32 Å². The highest BCUT2D eigenvalue weighted by Gasteiger charge is 2.52. The van der Waals surface area contributed by atoms with Crippen LogP contribution >= 0.6 is 0 Å². The number of ether oxygens (including phenoxy) is 1. The summed E-state index contributed by atoms with van der Waals surface area (Å²) in [5.41, 5.74) is 7.88. The Hall–Kier alpha value is -4.13. The smallest absolute Gasteiger partial charge is 0.449 e. The number of carbonyl (C=O) groups is 1. The van der Waals surface area contributed by atoms with Crippen molar-refractivity contribution < 1.29 is 18.8 Å². The summed E-state index contributed by atoms with van der Waals surface area (Å²) >= 11 is 0. The Morgan fingerprint density at radius 3 is 1.88 bits per heavy atom. The Balaban J connectivity index is 1.17. The van der Waals surface area contributed by atoms with Gasteiger partial charge in [0, 0.05) is 12.5 Å². The molecule has 1 heterocycles. The molecule has 1 saturated heterocycles. The molecule has 212 valence electrons. The fourth-order valence-corrected chi connectivity index (χ4v) is 5.64. The van der Waals surface area contributed by atoms with E-state index in [1.807, 2.05) is 76.2 Å². The van der Waals surface area contributed by atoms with Crippen LogP contribution in [-0.2, 0) is 14.0 Å². The Labute approximate surface area is 248 Å². The number of benzene rings is 4. The van der Waals surface area contributed by atoms with Gasteiger partial charge in [-0.3, -0.25) is 0 Å². The van der Waals surface area contributed by atoms with E-state index in [4.69, 9.17) is 14.0 Å². The van der Waals surface area contributed by atoms with Gasteiger partial charge in [-0.15, -0.1) is 0 Å². The summed E-state index contributed by atoms with van der Waals surface area (Å²) in [6.07, 6.45) is 1.56. The molecule has 1 fully saturated rings. The van der Waals surface area contributed by atoms with Gasteiger partial charge in [-0.1, -0.05) is 109 Å². The molecule has 1 N–H and O–H groups in total. The first-order chi connectivity index (χ1) is 20.2. The highest BCUT2D eigenvalue weighted by atomic mass is 16.7. The number of nitrogens with one attached hydrogen (secondary N) is 1. The molecule has 4 aromatic carbocycles. The van der Waals surface area contributed by atoms with Gasteiger partial charge in [-0.2, -0.15) is 0 Å². The van der Waals surface area contributed by atoms with E-state index in [2.05, 4.69) is 66.0 Å². The van der Waals surface area contributed by atoms with Gasteiger partial charge in [0.25, 0.3) is 0 Å². The van der Waals surface area contributed by atoms with E-state index in [1.54, 1.807) is 0 Å². The van der Waals surface area contributed by atoms with Gasteiger partial charge in [0.15, 0.2) is 0 Å². The largest absolute Gasteiger partial charge is 0.492 e. The minimum atomic E-state index is -0.599. The maximum atomic E-state index is 13.0. The SMILES string of the molecule is CC1(C)OB(C(=Cc2ccc(-c3ccccc3)cc2)CNC(=O)OCC2c3ccccc3-c3ccccc32)OC1(C)C. The van der Waals surface area contributed by atoms with Gasteiger partial charge in [0.1, 0.15) is 6.61 Å². The highest BCUT2D eigenvalue weighted by molar-refractivity contribution is 6.56. The summed E-state index contributed by atoms with van der Waals surface area (Å²) in [6.45, 7) is 8.59. The predicted octanol–water partition coefficient (Wildman–Crippen LogP) is 7.91. The van der Waals surface area contributed by atoms with Crippen molar-refractivity contribution in [2.45, 2.75) is 44.8 Å². The second kappa shape index (κ2) is 11.3. The van der Waals surface area contributed by atoms with Crippen LogP contribution in [0.5, 0.6) is 0 Å². The second-order valence-corrected chi connectivity index (χ2v) is 12.0. The Kier molecular flexibility index (Phi) is 7.52. The summed E-state index contributed by atoms with van der Waals surface area (Å²) < 4.78 is 18.5. The second-order valence-electron chi connectivity index (χ2n) is 12.0. The van der Waals surface area contributed by atoms with Crippen molar-refractivity contribution >= 4 is 19.3 Å². The number of hydrogen-bond donors (Lipinski definition) is 1. The van der Waals surface area contributed by atoms with Crippen LogP contribution in [0.1, 0.15) is 50.3 Å². The van der Waals surface area contributed by atoms with Gasteiger partial charge < -0.3 is 19.4 Å². The molecule has 1 aliphatic carbocycles. The molecule has 6 rings (SSSR count). The van der Waals surface area contributed by atoms with Gasteiger partial charge in [0.05, 0.1) is 11.2 Å². The highest BCUT2D eigenvalue weighted by Crippen LogP contribution is 2.44. The average molecular weight is 557 g/mol. The molecule has 0 saturated carbocycles. The Morgan fingerprint density at radius 1 is 0.762 bits per heavy atom. The Bertz CT molecular complexity index is 1550. The van der Waals surface area contributed by atoms with Crippen LogP contribution in [0.25, 0.3) is 28.3 Å². The third-order valence-electron chi connectivity index (χ3n) is 8.71. The third-order valence-corrected chi connectivity index (χ3v) is 8.71. The van der Waals surface area contributed by atoms with Crippen molar-refractivity contribution in [2.24, 2.45) is 0 Å². The van der Waals surface area contributed by atoms with Crippen molar-refractivity contribution in [1.29, 1.82) is 0 Å². The first-order valence-electron chi connectivity index (χ1n) is 14.5. The molecule has 0 atom stereocenters. The first-order valence-corrected chi connectivity index (χ1v) is 14.5. The van der Waals surface area contributed by atoms with E-state index in [0.717, 1.165) is 22.2 Å². The van der Waals surface area contributed by atoms with Crippen LogP contribution in [-0.4, -0.2) is 37.6 Å². The van der Waals surface area contributed by atoms with E-state index in [1.165, 1.54) is 22.3 Å². The maximum Gasteiger partial charge on any atom is 0.492 e. The zero-order valence-corrected chi connectivity index (χ0v) is 24.6. The fourth-order valence-electron chi connectivity index (χ4n) is 5.64. The van der Waals surface area contributed by atoms with Gasteiger partial charge in [-0.25, -0.2) is 4.79 Å². The summed E-state index contributed by atoms with van der Waals surface area (Å²) in [5.74, 6) is 0.00406. The van der Waals surface area contributed by atoms with E-state index < -0.39 is 24.4 Å². The summed E-state index contributed by atoms with van der Waals surface area (Å²) in [4.78, 5) is 13.0. The van der Waals surface area contributed by atoms with E-state index in [9.17, 15) is 4.79 Å². The minimum Gasteiger partial charge on any atom is -0.449 e. The van der Waals surface area contributed by atoms with Crippen molar-refractivity contribution in [2.75, 3.05) is 13.2 Å². The number of fused-ring (bicyclic) bond motifs is 3. The van der Waals surface area contributed by atoms with Crippen molar-refractivity contribution in [3.05, 3.63) is 125 Å². The average Bonchev–Trinajstić information content (AvgIpc) is 3.43. The molecule has 1 aliphatic heterocycles. The molecule has 1 amide bonds. The lowest BCUT2D eigenvalue weighted by molar-refractivity contribution is 0.00578. The molecule has 0 bridgehead atoms. The molecule has 0 aromatic heterocycles. The van der Waals surface area contributed by atoms with Crippen LogP contribution in [0, 0.1) is 0 Å². The summed E-state index contributed by atoms with van der Waals surface area (Å²) in [5, 5.41) is 2.95. The number of carbonyl (C=O) groups excluding carboxylic acids is 1. The monoisotopic (exact) mass is 557 g/mol. The van der Waals surface area contributed by atoms with Crippen LogP contribution in [0.15, 0.2) is 109 Å².